The molecule has 1 N–H and O–H groups in total. The van der Waals surface area contributed by atoms with Crippen molar-refractivity contribution >= 4 is 17.5 Å². The summed E-state index contributed by atoms with van der Waals surface area (Å²) in [4.78, 5) is 16.1. The minimum Gasteiger partial charge on any atom is -0.497 e. The molecule has 0 aliphatic heterocycles. The number of benzene rings is 2. The molecule has 2 aromatic carbocycles. The van der Waals surface area contributed by atoms with Crippen LogP contribution >= 0.6 is 11.8 Å². The zero-order valence-electron chi connectivity index (χ0n) is 14.6. The maximum absolute atomic E-state index is 11.6. The molecule has 0 spiro atoms. The van der Waals surface area contributed by atoms with Gasteiger partial charge in [-0.2, -0.15) is 0 Å². The van der Waals surface area contributed by atoms with E-state index in [1.54, 1.807) is 19.2 Å². The van der Waals surface area contributed by atoms with Crippen LogP contribution in [0.3, 0.4) is 0 Å². The Bertz CT molecular complexity index is 878. The standard InChI is InChI=1S/C19H19N3O3S/c1-13(23)16-5-3-4-6-17(16)25-11-12-26-19-20-18(21-22-19)14-7-9-15(24-2)10-8-14/h3-10H,11-12H2,1-2H3,(H,20,21,22). The summed E-state index contributed by atoms with van der Waals surface area (Å²) in [6.07, 6.45) is 0. The highest BCUT2D eigenvalue weighted by Crippen LogP contribution is 2.22. The lowest BCUT2D eigenvalue weighted by molar-refractivity contribution is 0.101. The van der Waals surface area contributed by atoms with Crippen molar-refractivity contribution in [3.63, 3.8) is 0 Å². The lowest BCUT2D eigenvalue weighted by atomic mass is 10.1. The fourth-order valence-corrected chi connectivity index (χ4v) is 2.97. The van der Waals surface area contributed by atoms with E-state index in [0.717, 1.165) is 11.3 Å². The second kappa shape index (κ2) is 8.53. The molecule has 0 fully saturated rings. The van der Waals surface area contributed by atoms with Crippen LogP contribution in [0.2, 0.25) is 0 Å². The van der Waals surface area contributed by atoms with E-state index in [2.05, 4.69) is 15.2 Å². The number of nitrogens with zero attached hydrogens (tertiary/aromatic N) is 2. The van der Waals surface area contributed by atoms with Crippen molar-refractivity contribution in [1.29, 1.82) is 0 Å². The topological polar surface area (TPSA) is 77.1 Å². The summed E-state index contributed by atoms with van der Waals surface area (Å²) >= 11 is 1.49. The first-order chi connectivity index (χ1) is 12.7. The largest absolute Gasteiger partial charge is 0.497 e. The predicted octanol–water partition coefficient (Wildman–Crippen LogP) is 3.85. The van der Waals surface area contributed by atoms with Gasteiger partial charge in [0.25, 0.3) is 0 Å². The molecule has 7 heteroatoms. The van der Waals surface area contributed by atoms with Gasteiger partial charge in [-0.3, -0.25) is 9.89 Å². The number of hydrogen-bond donors (Lipinski definition) is 1. The van der Waals surface area contributed by atoms with E-state index in [0.29, 0.717) is 34.7 Å². The molecule has 0 saturated carbocycles. The van der Waals surface area contributed by atoms with Crippen molar-refractivity contribution in [3.8, 4) is 22.9 Å². The van der Waals surface area contributed by atoms with Gasteiger partial charge >= 0.3 is 0 Å². The predicted molar refractivity (Wildman–Crippen MR) is 101 cm³/mol. The third kappa shape index (κ3) is 4.43. The van der Waals surface area contributed by atoms with E-state index >= 15 is 0 Å². The maximum Gasteiger partial charge on any atom is 0.208 e. The first-order valence-corrected chi connectivity index (χ1v) is 9.08. The third-order valence-corrected chi connectivity index (χ3v) is 4.48. The van der Waals surface area contributed by atoms with E-state index < -0.39 is 0 Å². The van der Waals surface area contributed by atoms with Crippen LogP contribution in [0.15, 0.2) is 53.7 Å². The summed E-state index contributed by atoms with van der Waals surface area (Å²) in [5, 5.41) is 7.80. The van der Waals surface area contributed by atoms with Crippen molar-refractivity contribution in [3.05, 3.63) is 54.1 Å². The molecule has 0 radical (unpaired) electrons. The summed E-state index contributed by atoms with van der Waals surface area (Å²) in [7, 11) is 1.63. The molecule has 0 aliphatic rings. The summed E-state index contributed by atoms with van der Waals surface area (Å²) in [5.74, 6) is 2.77. The third-order valence-electron chi connectivity index (χ3n) is 3.67. The number of carbonyl (C=O) groups excluding carboxylic acids is 1. The number of Topliss-reactive ketones (excluding diaryl/α,β-unsaturated/α-hetero) is 1. The summed E-state index contributed by atoms with van der Waals surface area (Å²) in [6, 6.07) is 14.9. The van der Waals surface area contributed by atoms with Crippen LogP contribution in [0.4, 0.5) is 0 Å². The van der Waals surface area contributed by atoms with Crippen molar-refractivity contribution in [2.24, 2.45) is 0 Å². The van der Waals surface area contributed by atoms with Gasteiger partial charge in [-0.05, 0) is 43.3 Å². The number of H-pyrrole nitrogens is 1. The number of nitrogens with one attached hydrogen (secondary N) is 1. The van der Waals surface area contributed by atoms with Gasteiger partial charge in [0.15, 0.2) is 11.6 Å². The van der Waals surface area contributed by atoms with Gasteiger partial charge in [0, 0.05) is 11.3 Å². The molecule has 1 aromatic heterocycles. The highest BCUT2D eigenvalue weighted by molar-refractivity contribution is 7.99. The average Bonchev–Trinajstić information content (AvgIpc) is 3.14. The van der Waals surface area contributed by atoms with E-state index in [9.17, 15) is 4.79 Å². The Balaban J connectivity index is 1.53. The Morgan fingerprint density at radius 2 is 1.92 bits per heavy atom. The zero-order valence-corrected chi connectivity index (χ0v) is 15.4. The van der Waals surface area contributed by atoms with Crippen LogP contribution in [-0.4, -0.2) is 40.4 Å². The van der Waals surface area contributed by atoms with E-state index in [1.807, 2.05) is 36.4 Å². The number of methoxy groups -OCH3 is 1. The molecule has 0 amide bonds. The average molecular weight is 369 g/mol. The van der Waals surface area contributed by atoms with Crippen LogP contribution < -0.4 is 9.47 Å². The van der Waals surface area contributed by atoms with Crippen molar-refractivity contribution in [2.75, 3.05) is 19.5 Å². The molecule has 3 rings (SSSR count). The SMILES string of the molecule is COc1ccc(-c2nc(SCCOc3ccccc3C(C)=O)n[nH]2)cc1. The number of carbonyl (C=O) groups is 1. The monoisotopic (exact) mass is 369 g/mol. The Morgan fingerprint density at radius 1 is 1.15 bits per heavy atom. The summed E-state index contributed by atoms with van der Waals surface area (Å²) in [5.41, 5.74) is 1.54. The highest BCUT2D eigenvalue weighted by Gasteiger charge is 2.09. The van der Waals surface area contributed by atoms with Crippen LogP contribution in [0.5, 0.6) is 11.5 Å². The number of para-hydroxylation sites is 1. The normalized spacial score (nSPS) is 10.5. The molecule has 1 heterocycles. The van der Waals surface area contributed by atoms with Crippen molar-refractivity contribution in [2.45, 2.75) is 12.1 Å². The molecule has 134 valence electrons. The molecular formula is C19H19N3O3S. The second-order valence-corrected chi connectivity index (χ2v) is 6.51. The van der Waals surface area contributed by atoms with Crippen molar-refractivity contribution in [1.82, 2.24) is 15.2 Å². The van der Waals surface area contributed by atoms with E-state index in [1.165, 1.54) is 18.7 Å². The molecule has 26 heavy (non-hydrogen) atoms. The maximum atomic E-state index is 11.6. The van der Waals surface area contributed by atoms with Gasteiger partial charge in [-0.15, -0.1) is 5.10 Å². The van der Waals surface area contributed by atoms with E-state index in [4.69, 9.17) is 9.47 Å². The van der Waals surface area contributed by atoms with Gasteiger partial charge in [-0.25, -0.2) is 4.98 Å². The van der Waals surface area contributed by atoms with Crippen molar-refractivity contribution < 1.29 is 14.3 Å². The zero-order chi connectivity index (χ0) is 18.4. The second-order valence-electron chi connectivity index (χ2n) is 5.44. The fourth-order valence-electron chi connectivity index (χ4n) is 2.36. The molecule has 0 bridgehead atoms. The number of ether oxygens (including phenoxy) is 2. The number of aromatic nitrogens is 3. The Labute approximate surface area is 155 Å². The first-order valence-electron chi connectivity index (χ1n) is 8.10. The van der Waals surface area contributed by atoms with Crippen LogP contribution in [0.25, 0.3) is 11.4 Å². The number of aromatic amines is 1. The number of thioether (sulfide) groups is 1. The van der Waals surface area contributed by atoms with Crippen LogP contribution in [0, 0.1) is 0 Å². The Hall–Kier alpha value is -2.80. The molecule has 0 aliphatic carbocycles. The summed E-state index contributed by atoms with van der Waals surface area (Å²) < 4.78 is 10.9. The van der Waals surface area contributed by atoms with Crippen LogP contribution in [-0.2, 0) is 0 Å². The van der Waals surface area contributed by atoms with Crippen LogP contribution in [0.1, 0.15) is 17.3 Å². The van der Waals surface area contributed by atoms with Gasteiger partial charge in [0.2, 0.25) is 5.16 Å². The molecule has 0 unspecified atom stereocenters. The van der Waals surface area contributed by atoms with Gasteiger partial charge in [0.1, 0.15) is 11.5 Å². The lowest BCUT2D eigenvalue weighted by Gasteiger charge is -2.08. The molecule has 6 nitrogen and oxygen atoms in total. The quantitative estimate of drug-likeness (QED) is 0.369. The highest BCUT2D eigenvalue weighted by atomic mass is 32.2. The van der Waals surface area contributed by atoms with E-state index in [-0.39, 0.29) is 5.78 Å². The molecule has 0 atom stereocenters. The van der Waals surface area contributed by atoms with Gasteiger partial charge in [-0.1, -0.05) is 23.9 Å². The van der Waals surface area contributed by atoms with Gasteiger partial charge < -0.3 is 9.47 Å². The Kier molecular flexibility index (Phi) is 5.91. The van der Waals surface area contributed by atoms with Gasteiger partial charge in [0.05, 0.1) is 19.3 Å². The number of rotatable bonds is 8. The minimum atomic E-state index is -0.00801. The number of ketones is 1. The molecular weight excluding hydrogens is 350 g/mol. The Morgan fingerprint density at radius 3 is 2.65 bits per heavy atom. The first kappa shape index (κ1) is 18.0. The minimum absolute atomic E-state index is 0.00801. The lowest BCUT2D eigenvalue weighted by Crippen LogP contribution is -2.04. The number of hydrogen-bond acceptors (Lipinski definition) is 6. The summed E-state index contributed by atoms with van der Waals surface area (Å²) in [6.45, 7) is 1.99. The molecule has 3 aromatic rings. The molecule has 0 saturated heterocycles. The smallest absolute Gasteiger partial charge is 0.208 e. The fraction of sp³-hybridized carbons (Fsp3) is 0.211.